The Morgan fingerprint density at radius 1 is 0.864 bits per heavy atom. The first-order valence-corrected chi connectivity index (χ1v) is 7.20. The summed E-state index contributed by atoms with van der Waals surface area (Å²) in [7, 11) is 0. The normalized spacial score (nSPS) is 53.5. The van der Waals surface area contributed by atoms with Crippen molar-refractivity contribution in [1.29, 1.82) is 0 Å². The van der Waals surface area contributed by atoms with Crippen LogP contribution in [-0.4, -0.2) is 93.2 Å². The lowest BCUT2D eigenvalue weighted by Gasteiger charge is -2.45. The van der Waals surface area contributed by atoms with E-state index >= 15 is 0 Å². The van der Waals surface area contributed by atoms with Crippen LogP contribution in [0.15, 0.2) is 0 Å². The summed E-state index contributed by atoms with van der Waals surface area (Å²) in [6, 6.07) is -1.38. The summed E-state index contributed by atoms with van der Waals surface area (Å²) in [6.07, 6.45) is -10.1. The average molecular weight is 323 g/mol. The fourth-order valence-corrected chi connectivity index (χ4v) is 2.85. The maximum absolute atomic E-state index is 10.0. The van der Waals surface area contributed by atoms with Gasteiger partial charge in [-0.05, 0) is 6.42 Å². The summed E-state index contributed by atoms with van der Waals surface area (Å²) >= 11 is 0. The maximum atomic E-state index is 10.0. The molecular weight excluding hydrogens is 298 g/mol. The smallest absolute Gasteiger partial charge is 0.187 e. The van der Waals surface area contributed by atoms with Crippen molar-refractivity contribution in [3.63, 3.8) is 0 Å². The first-order valence-electron chi connectivity index (χ1n) is 7.20. The molecule has 0 spiro atoms. The van der Waals surface area contributed by atoms with Gasteiger partial charge in [-0.1, -0.05) is 0 Å². The lowest BCUT2D eigenvalue weighted by Crippen LogP contribution is -2.65. The van der Waals surface area contributed by atoms with Crippen molar-refractivity contribution < 1.29 is 35.0 Å². The second kappa shape index (κ2) is 7.01. The van der Waals surface area contributed by atoms with Crippen LogP contribution in [0.3, 0.4) is 0 Å². The predicted octanol–water partition coefficient (Wildman–Crippen LogP) is -5.08. The van der Waals surface area contributed by atoms with E-state index in [9.17, 15) is 25.5 Å². The largest absolute Gasteiger partial charge is 0.389 e. The fraction of sp³-hybridized carbons (Fsp3) is 1.00. The molecule has 0 radical (unpaired) electrons. The molecule has 10 nitrogen and oxygen atoms in total. The van der Waals surface area contributed by atoms with E-state index in [1.54, 1.807) is 0 Å². The van der Waals surface area contributed by atoms with E-state index in [1.165, 1.54) is 0 Å². The van der Waals surface area contributed by atoms with Gasteiger partial charge >= 0.3 is 0 Å². The van der Waals surface area contributed by atoms with Gasteiger partial charge in [-0.3, -0.25) is 0 Å². The highest BCUT2D eigenvalue weighted by molar-refractivity contribution is 4.99. The molecule has 0 aromatic carbocycles. The zero-order valence-electron chi connectivity index (χ0n) is 12.0. The lowest BCUT2D eigenvalue weighted by atomic mass is 9.84. The average Bonchev–Trinajstić information content (AvgIpc) is 2.49. The van der Waals surface area contributed by atoms with Gasteiger partial charge in [-0.25, -0.2) is 0 Å². The molecule has 10 heteroatoms. The van der Waals surface area contributed by atoms with E-state index in [0.717, 1.165) is 0 Å². The molecule has 0 bridgehead atoms. The van der Waals surface area contributed by atoms with Crippen LogP contribution in [0.4, 0.5) is 0 Å². The minimum absolute atomic E-state index is 0.0996. The van der Waals surface area contributed by atoms with Gasteiger partial charge in [0.05, 0.1) is 6.10 Å². The second-order valence-electron chi connectivity index (χ2n) is 5.90. The molecule has 0 unspecified atom stereocenters. The highest BCUT2D eigenvalue weighted by Gasteiger charge is 2.48. The van der Waals surface area contributed by atoms with E-state index in [1.807, 2.05) is 0 Å². The molecule has 1 saturated carbocycles. The van der Waals surface area contributed by atoms with Crippen molar-refractivity contribution in [3.8, 4) is 0 Å². The predicted molar refractivity (Wildman–Crippen MR) is 73.2 cm³/mol. The fourth-order valence-electron chi connectivity index (χ4n) is 2.85. The van der Waals surface area contributed by atoms with Gasteiger partial charge in [0, 0.05) is 18.6 Å². The Morgan fingerprint density at radius 3 is 2.09 bits per heavy atom. The summed E-state index contributed by atoms with van der Waals surface area (Å²) in [6.45, 7) is -0.0996. The minimum Gasteiger partial charge on any atom is -0.389 e. The van der Waals surface area contributed by atoms with Crippen LogP contribution in [0.2, 0.25) is 0 Å². The molecule has 0 aromatic heterocycles. The van der Waals surface area contributed by atoms with Crippen LogP contribution >= 0.6 is 0 Å². The third kappa shape index (κ3) is 3.26. The maximum Gasteiger partial charge on any atom is 0.187 e. The molecule has 10 atom stereocenters. The van der Waals surface area contributed by atoms with Gasteiger partial charge < -0.3 is 52.2 Å². The molecule has 1 saturated heterocycles. The summed E-state index contributed by atoms with van der Waals surface area (Å²) in [5.74, 6) is 0. The molecule has 1 aliphatic heterocycles. The minimum atomic E-state index is -1.55. The zero-order valence-corrected chi connectivity index (χ0v) is 12.0. The molecule has 1 aliphatic carbocycles. The number of nitrogens with two attached hydrogens (primary N) is 3. The Labute approximate surface area is 127 Å². The molecule has 22 heavy (non-hydrogen) atoms. The van der Waals surface area contributed by atoms with Crippen molar-refractivity contribution in [2.24, 2.45) is 17.2 Å². The number of aliphatic hydroxyl groups is 5. The second-order valence-corrected chi connectivity index (χ2v) is 5.90. The summed E-state index contributed by atoms with van der Waals surface area (Å²) in [5.41, 5.74) is 16.9. The van der Waals surface area contributed by atoms with Crippen LogP contribution in [0.1, 0.15) is 6.42 Å². The third-order valence-corrected chi connectivity index (χ3v) is 4.28. The van der Waals surface area contributed by atoms with Gasteiger partial charge in [0.15, 0.2) is 6.29 Å². The number of ether oxygens (including phenoxy) is 2. The molecule has 2 fully saturated rings. The molecule has 1 heterocycles. The highest BCUT2D eigenvalue weighted by atomic mass is 16.7. The van der Waals surface area contributed by atoms with E-state index < -0.39 is 61.1 Å². The Balaban J connectivity index is 2.08. The molecular formula is C12H25N3O7. The van der Waals surface area contributed by atoms with Gasteiger partial charge in [-0.2, -0.15) is 0 Å². The third-order valence-electron chi connectivity index (χ3n) is 4.28. The molecule has 130 valence electrons. The Kier molecular flexibility index (Phi) is 5.72. The van der Waals surface area contributed by atoms with Crippen molar-refractivity contribution in [3.05, 3.63) is 0 Å². The Hall–Kier alpha value is -0.400. The first-order chi connectivity index (χ1) is 10.3. The van der Waals surface area contributed by atoms with Gasteiger partial charge in [0.1, 0.15) is 36.6 Å². The first kappa shape index (κ1) is 17.9. The Morgan fingerprint density at radius 2 is 1.50 bits per heavy atom. The van der Waals surface area contributed by atoms with Crippen LogP contribution in [0, 0.1) is 0 Å². The van der Waals surface area contributed by atoms with Crippen molar-refractivity contribution in [2.45, 2.75) is 67.5 Å². The zero-order chi connectivity index (χ0) is 16.6. The number of hydrogen-bond acceptors (Lipinski definition) is 10. The van der Waals surface area contributed by atoms with Crippen LogP contribution < -0.4 is 17.2 Å². The lowest BCUT2D eigenvalue weighted by molar-refractivity contribution is -0.318. The van der Waals surface area contributed by atoms with Crippen LogP contribution in [-0.2, 0) is 9.47 Å². The van der Waals surface area contributed by atoms with Crippen molar-refractivity contribution in [2.75, 3.05) is 6.54 Å². The van der Waals surface area contributed by atoms with Gasteiger partial charge in [-0.15, -0.1) is 0 Å². The van der Waals surface area contributed by atoms with Crippen LogP contribution in [0.25, 0.3) is 0 Å². The number of hydrogen-bond donors (Lipinski definition) is 8. The summed E-state index contributed by atoms with van der Waals surface area (Å²) in [4.78, 5) is 0. The monoisotopic (exact) mass is 323 g/mol. The Bertz CT molecular complexity index is 375. The molecule has 0 aromatic rings. The summed E-state index contributed by atoms with van der Waals surface area (Å²) < 4.78 is 10.8. The molecule has 2 aliphatic rings. The standard InChI is InChI=1S/C12H25N3O7/c13-2-5-7(17)8(18)10(20)12(21-5)22-11-4(15)1-3(14)6(16)9(11)19/h3-12,16-20H,1-2,13-15H2/t3-,4+,5-,6+,7-,8+,9+,10-,11+,12-/m1/s1. The van der Waals surface area contributed by atoms with E-state index in [2.05, 4.69) is 0 Å². The van der Waals surface area contributed by atoms with E-state index in [-0.39, 0.29) is 13.0 Å². The number of aliphatic hydroxyl groups excluding tert-OH is 5. The van der Waals surface area contributed by atoms with Gasteiger partial charge in [0.25, 0.3) is 0 Å². The summed E-state index contributed by atoms with van der Waals surface area (Å²) in [5, 5.41) is 49.3. The SMILES string of the molecule is NC[C@H]1O[C@H](O[C@@H]2[C@@H](O)[C@@H](O)[C@H](N)C[C@@H]2N)[C@H](O)[C@@H](O)[C@@H]1O. The van der Waals surface area contributed by atoms with Crippen LogP contribution in [0.5, 0.6) is 0 Å². The van der Waals surface area contributed by atoms with Gasteiger partial charge in [0.2, 0.25) is 0 Å². The van der Waals surface area contributed by atoms with E-state index in [4.69, 9.17) is 26.7 Å². The number of rotatable bonds is 3. The van der Waals surface area contributed by atoms with E-state index in [0.29, 0.717) is 0 Å². The van der Waals surface area contributed by atoms with Crippen molar-refractivity contribution >= 4 is 0 Å². The highest BCUT2D eigenvalue weighted by Crippen LogP contribution is 2.27. The molecule has 0 amide bonds. The molecule has 2 rings (SSSR count). The molecule has 11 N–H and O–H groups in total. The topological polar surface area (TPSA) is 198 Å². The van der Waals surface area contributed by atoms with Crippen molar-refractivity contribution in [1.82, 2.24) is 0 Å². The quantitative estimate of drug-likeness (QED) is 0.248.